The quantitative estimate of drug-likeness (QED) is 0.487. The molecule has 2 atom stereocenters. The van der Waals surface area contributed by atoms with E-state index in [1.165, 1.54) is 32.2 Å². The SMILES string of the molecule is NN1CCCC2NCCCC21. The van der Waals surface area contributed by atoms with Crippen LogP contribution >= 0.6 is 0 Å². The molecule has 3 nitrogen and oxygen atoms in total. The first-order chi connectivity index (χ1) is 5.38. The van der Waals surface area contributed by atoms with Crippen LogP contribution in [0.25, 0.3) is 0 Å². The largest absolute Gasteiger partial charge is 0.312 e. The van der Waals surface area contributed by atoms with E-state index in [9.17, 15) is 0 Å². The van der Waals surface area contributed by atoms with E-state index in [0.29, 0.717) is 12.1 Å². The third-order valence-electron chi connectivity index (χ3n) is 2.91. The van der Waals surface area contributed by atoms with Gasteiger partial charge in [0.1, 0.15) is 0 Å². The number of nitrogens with two attached hydrogens (primary N) is 1. The summed E-state index contributed by atoms with van der Waals surface area (Å²) in [5, 5.41) is 5.56. The highest BCUT2D eigenvalue weighted by molar-refractivity contribution is 4.89. The lowest BCUT2D eigenvalue weighted by Crippen LogP contribution is -2.59. The van der Waals surface area contributed by atoms with Gasteiger partial charge in [0.15, 0.2) is 0 Å². The Morgan fingerprint density at radius 2 is 2.18 bits per heavy atom. The van der Waals surface area contributed by atoms with Gasteiger partial charge in [0.05, 0.1) is 0 Å². The number of piperidine rings is 2. The minimum Gasteiger partial charge on any atom is -0.312 e. The molecule has 0 aromatic heterocycles. The van der Waals surface area contributed by atoms with Crippen LogP contribution in [0.5, 0.6) is 0 Å². The van der Waals surface area contributed by atoms with Crippen molar-refractivity contribution in [3.8, 4) is 0 Å². The maximum atomic E-state index is 5.88. The predicted molar refractivity (Wildman–Crippen MR) is 44.9 cm³/mol. The number of fused-ring (bicyclic) bond motifs is 1. The minimum absolute atomic E-state index is 0.623. The third-order valence-corrected chi connectivity index (χ3v) is 2.91. The summed E-state index contributed by atoms with van der Waals surface area (Å²) >= 11 is 0. The van der Waals surface area contributed by atoms with Crippen molar-refractivity contribution in [2.75, 3.05) is 13.1 Å². The number of rotatable bonds is 0. The average Bonchev–Trinajstić information content (AvgIpc) is 2.06. The molecular weight excluding hydrogens is 138 g/mol. The van der Waals surface area contributed by atoms with Gasteiger partial charge in [0, 0.05) is 18.6 Å². The molecule has 2 aliphatic heterocycles. The molecule has 0 spiro atoms. The van der Waals surface area contributed by atoms with Crippen molar-refractivity contribution >= 4 is 0 Å². The second-order valence-electron chi connectivity index (χ2n) is 3.65. The fourth-order valence-electron chi connectivity index (χ4n) is 2.29. The number of hydrogen-bond donors (Lipinski definition) is 2. The zero-order chi connectivity index (χ0) is 7.68. The van der Waals surface area contributed by atoms with E-state index in [-0.39, 0.29) is 0 Å². The second kappa shape index (κ2) is 3.09. The van der Waals surface area contributed by atoms with E-state index in [2.05, 4.69) is 5.32 Å². The molecule has 0 aromatic rings. The van der Waals surface area contributed by atoms with Gasteiger partial charge >= 0.3 is 0 Å². The van der Waals surface area contributed by atoms with Crippen LogP contribution in [0.4, 0.5) is 0 Å². The number of hydrazine groups is 1. The molecule has 0 aromatic carbocycles. The van der Waals surface area contributed by atoms with Crippen LogP contribution in [-0.4, -0.2) is 30.2 Å². The molecule has 0 amide bonds. The summed E-state index contributed by atoms with van der Waals surface area (Å²) in [4.78, 5) is 0. The molecule has 2 saturated heterocycles. The van der Waals surface area contributed by atoms with Gasteiger partial charge in [-0.25, -0.2) is 5.01 Å². The predicted octanol–water partition coefficient (Wildman–Crippen LogP) is 0.0765. The molecule has 0 bridgehead atoms. The van der Waals surface area contributed by atoms with Crippen LogP contribution < -0.4 is 11.2 Å². The molecule has 11 heavy (non-hydrogen) atoms. The van der Waals surface area contributed by atoms with Gasteiger partial charge in [-0.3, -0.25) is 5.84 Å². The topological polar surface area (TPSA) is 41.3 Å². The van der Waals surface area contributed by atoms with E-state index < -0.39 is 0 Å². The summed E-state index contributed by atoms with van der Waals surface area (Å²) in [7, 11) is 0. The smallest absolute Gasteiger partial charge is 0.0395 e. The lowest BCUT2D eigenvalue weighted by Gasteiger charge is -2.42. The summed E-state index contributed by atoms with van der Waals surface area (Å²) in [5.74, 6) is 5.88. The van der Waals surface area contributed by atoms with E-state index in [4.69, 9.17) is 5.84 Å². The Bertz CT molecular complexity index is 135. The van der Waals surface area contributed by atoms with Crippen LogP contribution in [-0.2, 0) is 0 Å². The first-order valence-electron chi connectivity index (χ1n) is 4.62. The van der Waals surface area contributed by atoms with Crippen molar-refractivity contribution in [2.24, 2.45) is 5.84 Å². The molecule has 3 heteroatoms. The molecule has 2 aliphatic rings. The molecular formula is C8H17N3. The Hall–Kier alpha value is -0.120. The zero-order valence-corrected chi connectivity index (χ0v) is 6.92. The van der Waals surface area contributed by atoms with Gasteiger partial charge in [-0.15, -0.1) is 0 Å². The van der Waals surface area contributed by atoms with Crippen molar-refractivity contribution < 1.29 is 0 Å². The van der Waals surface area contributed by atoms with Crippen molar-refractivity contribution in [3.05, 3.63) is 0 Å². The highest BCUT2D eigenvalue weighted by Crippen LogP contribution is 2.21. The van der Waals surface area contributed by atoms with Crippen molar-refractivity contribution in [3.63, 3.8) is 0 Å². The Morgan fingerprint density at radius 1 is 1.27 bits per heavy atom. The molecule has 2 rings (SSSR count). The highest BCUT2D eigenvalue weighted by atomic mass is 15.4. The van der Waals surface area contributed by atoms with Crippen LogP contribution in [0.2, 0.25) is 0 Å². The fourth-order valence-corrected chi connectivity index (χ4v) is 2.29. The van der Waals surface area contributed by atoms with Gasteiger partial charge in [0.2, 0.25) is 0 Å². The van der Waals surface area contributed by atoms with Gasteiger partial charge < -0.3 is 5.32 Å². The molecule has 2 heterocycles. The maximum absolute atomic E-state index is 5.88. The van der Waals surface area contributed by atoms with E-state index in [1.54, 1.807) is 0 Å². The van der Waals surface area contributed by atoms with Crippen LogP contribution in [0, 0.1) is 0 Å². The lowest BCUT2D eigenvalue weighted by molar-refractivity contribution is 0.0876. The monoisotopic (exact) mass is 155 g/mol. The Balaban J connectivity index is 1.99. The van der Waals surface area contributed by atoms with Crippen molar-refractivity contribution in [1.29, 1.82) is 0 Å². The summed E-state index contributed by atoms with van der Waals surface area (Å²) < 4.78 is 0. The Kier molecular flexibility index (Phi) is 2.11. The summed E-state index contributed by atoms with van der Waals surface area (Å²) in [6.45, 7) is 2.28. The maximum Gasteiger partial charge on any atom is 0.0395 e. The first kappa shape index (κ1) is 7.53. The van der Waals surface area contributed by atoms with Crippen LogP contribution in [0.1, 0.15) is 25.7 Å². The van der Waals surface area contributed by atoms with E-state index in [0.717, 1.165) is 6.54 Å². The third kappa shape index (κ3) is 1.41. The molecule has 0 aliphatic carbocycles. The van der Waals surface area contributed by atoms with Gasteiger partial charge in [0.25, 0.3) is 0 Å². The fraction of sp³-hybridized carbons (Fsp3) is 1.00. The lowest BCUT2D eigenvalue weighted by atomic mass is 9.91. The van der Waals surface area contributed by atoms with Gasteiger partial charge in [-0.1, -0.05) is 0 Å². The minimum atomic E-state index is 0.623. The van der Waals surface area contributed by atoms with Crippen LogP contribution in [0.3, 0.4) is 0 Å². The van der Waals surface area contributed by atoms with Crippen molar-refractivity contribution in [1.82, 2.24) is 10.3 Å². The van der Waals surface area contributed by atoms with E-state index in [1.807, 2.05) is 5.01 Å². The van der Waals surface area contributed by atoms with E-state index >= 15 is 0 Å². The molecule has 0 radical (unpaired) electrons. The van der Waals surface area contributed by atoms with Crippen LogP contribution in [0.15, 0.2) is 0 Å². The standard InChI is InChI=1S/C8H17N3/c9-11-6-2-3-7-8(11)4-1-5-10-7/h7-8,10H,1-6,9H2. The zero-order valence-electron chi connectivity index (χ0n) is 6.92. The Labute approximate surface area is 67.9 Å². The Morgan fingerprint density at radius 3 is 3.00 bits per heavy atom. The number of nitrogens with one attached hydrogen (secondary N) is 1. The summed E-state index contributed by atoms with van der Waals surface area (Å²) in [5.41, 5.74) is 0. The molecule has 3 N–H and O–H groups in total. The number of hydrogen-bond acceptors (Lipinski definition) is 3. The van der Waals surface area contributed by atoms with Gasteiger partial charge in [-0.05, 0) is 32.2 Å². The van der Waals surface area contributed by atoms with Gasteiger partial charge in [-0.2, -0.15) is 0 Å². The molecule has 0 saturated carbocycles. The molecule has 2 unspecified atom stereocenters. The highest BCUT2D eigenvalue weighted by Gasteiger charge is 2.31. The summed E-state index contributed by atoms with van der Waals surface area (Å²) in [6.07, 6.45) is 5.14. The first-order valence-corrected chi connectivity index (χ1v) is 4.62. The summed E-state index contributed by atoms with van der Waals surface area (Å²) in [6, 6.07) is 1.31. The molecule has 64 valence electrons. The molecule has 2 fully saturated rings. The normalized spacial score (nSPS) is 40.1. The number of nitrogens with zero attached hydrogens (tertiary/aromatic N) is 1. The van der Waals surface area contributed by atoms with Crippen molar-refractivity contribution in [2.45, 2.75) is 37.8 Å². The second-order valence-corrected chi connectivity index (χ2v) is 3.65. The average molecular weight is 155 g/mol.